The van der Waals surface area contributed by atoms with Crippen molar-refractivity contribution in [1.82, 2.24) is 24.5 Å². The summed E-state index contributed by atoms with van der Waals surface area (Å²) in [5.41, 5.74) is 9.93. The third-order valence-electron chi connectivity index (χ3n) is 7.02. The van der Waals surface area contributed by atoms with E-state index in [1.807, 2.05) is 40.0 Å². The van der Waals surface area contributed by atoms with Crippen LogP contribution in [-0.4, -0.2) is 36.4 Å². The Hall–Kier alpha value is -3.49. The molecule has 1 aliphatic rings. The number of carbonyl (C=O) groups is 2. The van der Waals surface area contributed by atoms with Crippen molar-refractivity contribution in [2.75, 3.05) is 5.32 Å². The number of primary amides is 1. The molecule has 3 aromatic heterocycles. The first kappa shape index (κ1) is 24.6. The molecule has 1 saturated carbocycles. The van der Waals surface area contributed by atoms with Crippen LogP contribution in [0.25, 0.3) is 11.4 Å². The first-order chi connectivity index (χ1) is 16.7. The zero-order valence-electron chi connectivity index (χ0n) is 21.2. The van der Waals surface area contributed by atoms with Crippen LogP contribution in [-0.2, 0) is 11.8 Å². The van der Waals surface area contributed by atoms with Gasteiger partial charge in [0.15, 0.2) is 0 Å². The number of hydrogen-bond donors (Lipinski definition) is 2. The summed E-state index contributed by atoms with van der Waals surface area (Å²) in [5, 5.41) is 12.0. The van der Waals surface area contributed by atoms with Gasteiger partial charge in [-0.15, -0.1) is 0 Å². The van der Waals surface area contributed by atoms with Gasteiger partial charge in [0.25, 0.3) is 5.91 Å². The number of aromatic nitrogens is 5. The van der Waals surface area contributed by atoms with Crippen molar-refractivity contribution in [2.45, 2.75) is 65.3 Å². The van der Waals surface area contributed by atoms with E-state index >= 15 is 0 Å². The molecule has 0 spiro atoms. The lowest BCUT2D eigenvalue weighted by Crippen LogP contribution is -2.30. The highest BCUT2D eigenvalue weighted by Crippen LogP contribution is 2.39. The lowest BCUT2D eigenvalue weighted by Gasteiger charge is -2.31. The lowest BCUT2D eigenvalue weighted by molar-refractivity contribution is -0.119. The first-order valence-corrected chi connectivity index (χ1v) is 12.3. The van der Waals surface area contributed by atoms with Crippen LogP contribution in [0.3, 0.4) is 0 Å². The molecule has 3 aromatic rings. The van der Waals surface area contributed by atoms with Crippen molar-refractivity contribution in [3.05, 3.63) is 47.5 Å². The molecule has 1 unspecified atom stereocenters. The molecule has 9 nitrogen and oxygen atoms in total. The predicted octanol–water partition coefficient (Wildman–Crippen LogP) is 4.22. The van der Waals surface area contributed by atoms with E-state index in [1.54, 1.807) is 27.8 Å². The second-order valence-corrected chi connectivity index (χ2v) is 10.1. The van der Waals surface area contributed by atoms with E-state index in [0.29, 0.717) is 23.0 Å². The summed E-state index contributed by atoms with van der Waals surface area (Å²) in [5.74, 6) is -0.359. The summed E-state index contributed by atoms with van der Waals surface area (Å²) in [6.45, 7) is 8.13. The van der Waals surface area contributed by atoms with Crippen molar-refractivity contribution in [3.8, 4) is 11.4 Å². The Morgan fingerprint density at radius 3 is 2.37 bits per heavy atom. The van der Waals surface area contributed by atoms with Crippen molar-refractivity contribution < 1.29 is 9.59 Å². The SMILES string of the molecule is Cc1cnn(C)c1-c1ccc(NC(=O)C(c2cc(C(N)=O)n(C(C)C)n2)C2CCC(C)CC2)cn1. The summed E-state index contributed by atoms with van der Waals surface area (Å²) in [7, 11) is 1.88. The number of hydrogen-bond acceptors (Lipinski definition) is 5. The highest BCUT2D eigenvalue weighted by Gasteiger charge is 2.35. The third-order valence-corrected chi connectivity index (χ3v) is 7.02. The number of amides is 2. The second-order valence-electron chi connectivity index (χ2n) is 10.1. The van der Waals surface area contributed by atoms with Gasteiger partial charge in [-0.1, -0.05) is 19.8 Å². The molecule has 3 heterocycles. The maximum absolute atomic E-state index is 13.7. The fourth-order valence-corrected chi connectivity index (χ4v) is 5.10. The van der Waals surface area contributed by atoms with Gasteiger partial charge in [-0.25, -0.2) is 0 Å². The molecule has 0 saturated heterocycles. The van der Waals surface area contributed by atoms with Gasteiger partial charge in [-0.3, -0.25) is 23.9 Å². The van der Waals surface area contributed by atoms with Crippen molar-refractivity contribution in [2.24, 2.45) is 24.6 Å². The minimum atomic E-state index is -0.542. The van der Waals surface area contributed by atoms with Gasteiger partial charge in [0.2, 0.25) is 5.91 Å². The summed E-state index contributed by atoms with van der Waals surface area (Å²) in [6.07, 6.45) is 7.50. The number of pyridine rings is 1. The van der Waals surface area contributed by atoms with Gasteiger partial charge < -0.3 is 11.1 Å². The quantitative estimate of drug-likeness (QED) is 0.528. The minimum absolute atomic E-state index is 0.0476. The standard InChI is InChI=1S/C26H35N7O2/c1-15(2)33-22(25(27)34)12-21(31-33)23(18-8-6-16(3)7-9-18)26(35)30-19-10-11-20(28-14-19)24-17(4)13-29-32(24)5/h10-16,18,23H,6-9H2,1-5H3,(H2,27,34)(H,30,35). The molecule has 1 atom stereocenters. The summed E-state index contributed by atoms with van der Waals surface area (Å²) >= 11 is 0. The van der Waals surface area contributed by atoms with E-state index in [9.17, 15) is 9.59 Å². The number of anilines is 1. The van der Waals surface area contributed by atoms with Gasteiger partial charge in [0.1, 0.15) is 5.69 Å². The maximum atomic E-state index is 13.7. The van der Waals surface area contributed by atoms with Gasteiger partial charge >= 0.3 is 0 Å². The molecule has 9 heteroatoms. The second kappa shape index (κ2) is 10.0. The zero-order valence-corrected chi connectivity index (χ0v) is 21.2. The third kappa shape index (κ3) is 5.13. The molecule has 1 fully saturated rings. The zero-order chi connectivity index (χ0) is 25.3. The van der Waals surface area contributed by atoms with Crippen LogP contribution >= 0.6 is 0 Å². The number of aryl methyl sites for hydroxylation is 2. The molecule has 2 amide bonds. The fourth-order valence-electron chi connectivity index (χ4n) is 5.10. The Kier molecular flexibility index (Phi) is 7.05. The summed E-state index contributed by atoms with van der Waals surface area (Å²) in [6, 6.07) is 5.38. The normalized spacial score (nSPS) is 19.0. The molecule has 0 aliphatic heterocycles. The molecule has 4 rings (SSSR count). The number of nitrogens with two attached hydrogens (primary N) is 1. The Bertz CT molecular complexity index is 1180. The van der Waals surface area contributed by atoms with Crippen LogP contribution in [0.15, 0.2) is 30.6 Å². The van der Waals surface area contributed by atoms with Crippen LogP contribution in [0, 0.1) is 18.8 Å². The topological polar surface area (TPSA) is 121 Å². The fraction of sp³-hybridized carbons (Fsp3) is 0.500. The van der Waals surface area contributed by atoms with Crippen LogP contribution in [0.1, 0.15) is 80.2 Å². The number of carbonyl (C=O) groups excluding carboxylic acids is 2. The Balaban J connectivity index is 1.62. The molecular formula is C26H35N7O2. The molecular weight excluding hydrogens is 442 g/mol. The van der Waals surface area contributed by atoms with E-state index in [0.717, 1.165) is 42.6 Å². The number of rotatable bonds is 7. The van der Waals surface area contributed by atoms with Crippen LogP contribution in [0.5, 0.6) is 0 Å². The largest absolute Gasteiger partial charge is 0.364 e. The molecule has 3 N–H and O–H groups in total. The highest BCUT2D eigenvalue weighted by molar-refractivity contribution is 5.97. The van der Waals surface area contributed by atoms with Gasteiger partial charge in [0, 0.05) is 13.1 Å². The van der Waals surface area contributed by atoms with Crippen molar-refractivity contribution >= 4 is 17.5 Å². The van der Waals surface area contributed by atoms with Gasteiger partial charge in [0.05, 0.1) is 41.1 Å². The Morgan fingerprint density at radius 1 is 1.14 bits per heavy atom. The first-order valence-electron chi connectivity index (χ1n) is 12.3. The van der Waals surface area contributed by atoms with Crippen molar-refractivity contribution in [1.29, 1.82) is 0 Å². The molecule has 0 bridgehead atoms. The van der Waals surface area contributed by atoms with E-state index in [1.165, 1.54) is 0 Å². The summed E-state index contributed by atoms with van der Waals surface area (Å²) in [4.78, 5) is 30.3. The van der Waals surface area contributed by atoms with Crippen LogP contribution < -0.4 is 11.1 Å². The minimum Gasteiger partial charge on any atom is -0.364 e. The van der Waals surface area contributed by atoms with Crippen molar-refractivity contribution in [3.63, 3.8) is 0 Å². The monoisotopic (exact) mass is 477 g/mol. The highest BCUT2D eigenvalue weighted by atomic mass is 16.2. The van der Waals surface area contributed by atoms with E-state index in [2.05, 4.69) is 27.4 Å². The van der Waals surface area contributed by atoms with Crippen LogP contribution in [0.2, 0.25) is 0 Å². The molecule has 1 aliphatic carbocycles. The number of nitrogens with one attached hydrogen (secondary N) is 1. The lowest BCUT2D eigenvalue weighted by atomic mass is 9.75. The molecule has 186 valence electrons. The van der Waals surface area contributed by atoms with E-state index in [4.69, 9.17) is 5.73 Å². The van der Waals surface area contributed by atoms with Crippen LogP contribution in [0.4, 0.5) is 5.69 Å². The van der Waals surface area contributed by atoms with E-state index in [-0.39, 0.29) is 17.9 Å². The average Bonchev–Trinajstić information content (AvgIpc) is 3.40. The smallest absolute Gasteiger partial charge is 0.266 e. The molecule has 0 radical (unpaired) electrons. The van der Waals surface area contributed by atoms with Gasteiger partial charge in [-0.05, 0) is 69.2 Å². The Labute approximate surface area is 206 Å². The van der Waals surface area contributed by atoms with Gasteiger partial charge in [-0.2, -0.15) is 10.2 Å². The predicted molar refractivity (Wildman–Crippen MR) is 135 cm³/mol. The van der Waals surface area contributed by atoms with E-state index < -0.39 is 11.8 Å². The molecule has 35 heavy (non-hydrogen) atoms. The average molecular weight is 478 g/mol. The summed E-state index contributed by atoms with van der Waals surface area (Å²) < 4.78 is 3.41. The molecule has 0 aromatic carbocycles. The Morgan fingerprint density at radius 2 is 1.86 bits per heavy atom. The maximum Gasteiger partial charge on any atom is 0.266 e. The number of nitrogens with zero attached hydrogens (tertiary/aromatic N) is 5.